The molecule has 0 aliphatic heterocycles. The lowest BCUT2D eigenvalue weighted by Crippen LogP contribution is -2.27. The summed E-state index contributed by atoms with van der Waals surface area (Å²) >= 11 is 7.20. The maximum atomic E-state index is 10.5. The van der Waals surface area contributed by atoms with E-state index in [0.29, 0.717) is 4.34 Å². The van der Waals surface area contributed by atoms with Crippen LogP contribution in [0.1, 0.15) is 5.56 Å². The Kier molecular flexibility index (Phi) is 3.27. The number of hydrogen-bond acceptors (Lipinski definition) is 3. The van der Waals surface area contributed by atoms with E-state index >= 15 is 0 Å². The molecule has 6 heteroatoms. The minimum Gasteiger partial charge on any atom is -0.350 e. The number of urea groups is 1. The molecular weight excluding hydrogens is 210 g/mol. The Hall–Kier alpha value is -1.07. The second kappa shape index (κ2) is 4.25. The normalized spacial score (nSPS) is 10.6. The predicted octanol–water partition coefficient (Wildman–Crippen LogP) is 1.75. The minimum absolute atomic E-state index is 0.609. The van der Waals surface area contributed by atoms with Crippen molar-refractivity contribution in [3.63, 3.8) is 0 Å². The fraction of sp³-hybridized carbons (Fsp3) is 0.143. The van der Waals surface area contributed by atoms with Crippen molar-refractivity contribution in [2.75, 3.05) is 7.05 Å². The molecule has 0 aliphatic carbocycles. The molecule has 0 atom stereocenters. The summed E-state index contributed by atoms with van der Waals surface area (Å²) in [6, 6.07) is 1.20. The second-order valence-corrected chi connectivity index (χ2v) is 3.77. The number of halogens is 1. The van der Waals surface area contributed by atoms with Gasteiger partial charge in [-0.3, -0.25) is 0 Å². The standard InChI is InChI=1S/C7H8ClN3OS/c1-11(7(9)12)10-4-5-2-3-13-6(5)8/h2-4H,1H3,(H2,9,12)/b10-4+. The summed E-state index contributed by atoms with van der Waals surface area (Å²) in [5.74, 6) is 0. The molecule has 0 unspecified atom stereocenters. The largest absolute Gasteiger partial charge is 0.350 e. The molecular formula is C7H8ClN3OS. The lowest BCUT2D eigenvalue weighted by Gasteiger charge is -2.04. The Balaban J connectivity index is 2.69. The molecule has 13 heavy (non-hydrogen) atoms. The van der Waals surface area contributed by atoms with E-state index in [2.05, 4.69) is 5.10 Å². The Morgan fingerprint density at radius 3 is 3.00 bits per heavy atom. The number of carbonyl (C=O) groups excluding carboxylic acids is 1. The van der Waals surface area contributed by atoms with E-state index in [0.717, 1.165) is 10.6 Å². The van der Waals surface area contributed by atoms with Gasteiger partial charge in [0.15, 0.2) is 0 Å². The van der Waals surface area contributed by atoms with Crippen LogP contribution in [0.2, 0.25) is 4.34 Å². The average Bonchev–Trinajstić information content (AvgIpc) is 2.47. The molecule has 0 radical (unpaired) electrons. The van der Waals surface area contributed by atoms with Gasteiger partial charge >= 0.3 is 6.03 Å². The summed E-state index contributed by atoms with van der Waals surface area (Å²) in [6.45, 7) is 0. The van der Waals surface area contributed by atoms with E-state index in [1.165, 1.54) is 24.6 Å². The van der Waals surface area contributed by atoms with Crippen molar-refractivity contribution < 1.29 is 4.79 Å². The van der Waals surface area contributed by atoms with E-state index in [4.69, 9.17) is 17.3 Å². The zero-order valence-corrected chi connectivity index (χ0v) is 8.47. The van der Waals surface area contributed by atoms with Crippen LogP contribution >= 0.6 is 22.9 Å². The third-order valence-corrected chi connectivity index (χ3v) is 2.54. The maximum Gasteiger partial charge on any atom is 0.334 e. The quantitative estimate of drug-likeness (QED) is 0.596. The minimum atomic E-state index is -0.609. The zero-order chi connectivity index (χ0) is 9.84. The highest BCUT2D eigenvalue weighted by atomic mass is 35.5. The Morgan fingerprint density at radius 2 is 2.54 bits per heavy atom. The van der Waals surface area contributed by atoms with Crippen molar-refractivity contribution >= 4 is 35.2 Å². The summed E-state index contributed by atoms with van der Waals surface area (Å²) in [7, 11) is 1.47. The zero-order valence-electron chi connectivity index (χ0n) is 6.90. The number of primary amides is 1. The Morgan fingerprint density at radius 1 is 1.85 bits per heavy atom. The predicted molar refractivity (Wildman–Crippen MR) is 54.3 cm³/mol. The van der Waals surface area contributed by atoms with Gasteiger partial charge in [-0.15, -0.1) is 11.3 Å². The molecule has 1 rings (SSSR count). The first-order valence-electron chi connectivity index (χ1n) is 3.41. The van der Waals surface area contributed by atoms with Gasteiger partial charge in [-0.1, -0.05) is 11.6 Å². The number of nitrogens with two attached hydrogens (primary N) is 1. The van der Waals surface area contributed by atoms with Crippen LogP contribution in [0, 0.1) is 0 Å². The lowest BCUT2D eigenvalue weighted by molar-refractivity contribution is 0.220. The Bertz CT molecular complexity index is 336. The first kappa shape index (κ1) is 10.0. The number of amides is 2. The van der Waals surface area contributed by atoms with Crippen LogP contribution in [-0.2, 0) is 0 Å². The van der Waals surface area contributed by atoms with Gasteiger partial charge in [0.25, 0.3) is 0 Å². The average molecular weight is 218 g/mol. The van der Waals surface area contributed by atoms with Gasteiger partial charge in [-0.25, -0.2) is 9.80 Å². The molecule has 4 nitrogen and oxygen atoms in total. The molecule has 0 saturated carbocycles. The summed E-state index contributed by atoms with van der Waals surface area (Å²) in [4.78, 5) is 10.5. The van der Waals surface area contributed by atoms with Crippen LogP contribution in [-0.4, -0.2) is 24.3 Å². The van der Waals surface area contributed by atoms with Crippen LogP contribution in [0.25, 0.3) is 0 Å². The molecule has 1 heterocycles. The van der Waals surface area contributed by atoms with Gasteiger partial charge in [0.05, 0.1) is 6.21 Å². The molecule has 0 bridgehead atoms. The number of rotatable bonds is 2. The van der Waals surface area contributed by atoms with Crippen LogP contribution in [0.3, 0.4) is 0 Å². The van der Waals surface area contributed by atoms with E-state index in [9.17, 15) is 4.79 Å². The van der Waals surface area contributed by atoms with Crippen molar-refractivity contribution in [2.24, 2.45) is 10.8 Å². The van der Waals surface area contributed by atoms with Crippen LogP contribution in [0.4, 0.5) is 4.79 Å². The molecule has 0 aromatic carbocycles. The van der Waals surface area contributed by atoms with Crippen molar-refractivity contribution in [2.45, 2.75) is 0 Å². The molecule has 0 spiro atoms. The fourth-order valence-electron chi connectivity index (χ4n) is 0.600. The first-order valence-corrected chi connectivity index (χ1v) is 4.67. The SMILES string of the molecule is CN(/N=C/c1ccsc1Cl)C(N)=O. The number of nitrogens with zero attached hydrogens (tertiary/aromatic N) is 2. The summed E-state index contributed by atoms with van der Waals surface area (Å²) < 4.78 is 0.640. The van der Waals surface area contributed by atoms with E-state index < -0.39 is 6.03 Å². The highest BCUT2D eigenvalue weighted by Crippen LogP contribution is 2.20. The van der Waals surface area contributed by atoms with Gasteiger partial charge in [-0.2, -0.15) is 5.10 Å². The molecule has 2 amide bonds. The molecule has 0 aliphatic rings. The van der Waals surface area contributed by atoms with E-state index in [1.807, 2.05) is 11.4 Å². The third kappa shape index (κ3) is 2.71. The third-order valence-electron chi connectivity index (χ3n) is 1.34. The summed E-state index contributed by atoms with van der Waals surface area (Å²) in [6.07, 6.45) is 1.49. The number of hydrazone groups is 1. The van der Waals surface area contributed by atoms with Crippen LogP contribution in [0.5, 0.6) is 0 Å². The summed E-state index contributed by atoms with van der Waals surface area (Å²) in [5, 5.41) is 6.66. The number of thiophene rings is 1. The van der Waals surface area contributed by atoms with Gasteiger partial charge in [0, 0.05) is 12.6 Å². The summed E-state index contributed by atoms with van der Waals surface area (Å²) in [5.41, 5.74) is 5.73. The molecule has 2 N–H and O–H groups in total. The second-order valence-electron chi connectivity index (χ2n) is 2.26. The smallest absolute Gasteiger partial charge is 0.334 e. The maximum absolute atomic E-state index is 10.5. The van der Waals surface area contributed by atoms with Gasteiger partial charge in [-0.05, 0) is 11.4 Å². The van der Waals surface area contributed by atoms with Crippen molar-refractivity contribution in [1.29, 1.82) is 0 Å². The highest BCUT2D eigenvalue weighted by Gasteiger charge is 2.00. The van der Waals surface area contributed by atoms with Gasteiger partial charge in [0.2, 0.25) is 0 Å². The lowest BCUT2D eigenvalue weighted by atomic mass is 10.4. The molecule has 1 aromatic rings. The molecule has 0 saturated heterocycles. The van der Waals surface area contributed by atoms with E-state index in [1.54, 1.807) is 0 Å². The number of hydrogen-bond donors (Lipinski definition) is 1. The van der Waals surface area contributed by atoms with E-state index in [-0.39, 0.29) is 0 Å². The van der Waals surface area contributed by atoms with Crippen LogP contribution in [0.15, 0.2) is 16.5 Å². The topological polar surface area (TPSA) is 58.7 Å². The van der Waals surface area contributed by atoms with Gasteiger partial charge < -0.3 is 5.73 Å². The molecule has 0 fully saturated rings. The number of carbonyl (C=O) groups is 1. The fourth-order valence-corrected chi connectivity index (χ4v) is 1.46. The van der Waals surface area contributed by atoms with Crippen LogP contribution < -0.4 is 5.73 Å². The monoisotopic (exact) mass is 217 g/mol. The Labute approximate surface area is 84.6 Å². The molecule has 1 aromatic heterocycles. The highest BCUT2D eigenvalue weighted by molar-refractivity contribution is 7.14. The first-order chi connectivity index (χ1) is 6.11. The van der Waals surface area contributed by atoms with Crippen molar-refractivity contribution in [1.82, 2.24) is 5.01 Å². The molecule has 70 valence electrons. The van der Waals surface area contributed by atoms with Gasteiger partial charge in [0.1, 0.15) is 4.34 Å². The van der Waals surface area contributed by atoms with Crippen molar-refractivity contribution in [3.8, 4) is 0 Å². The van der Waals surface area contributed by atoms with Crippen molar-refractivity contribution in [3.05, 3.63) is 21.3 Å².